The highest BCUT2D eigenvalue weighted by Gasteiger charge is 2.05. The largest absolute Gasteiger partial charge is 0.485 e. The Morgan fingerprint density at radius 1 is 1.00 bits per heavy atom. The van der Waals surface area contributed by atoms with E-state index in [1.165, 1.54) is 0 Å². The van der Waals surface area contributed by atoms with Crippen molar-refractivity contribution in [2.24, 2.45) is 0 Å². The van der Waals surface area contributed by atoms with Crippen LogP contribution in [0.5, 0.6) is 5.75 Å². The van der Waals surface area contributed by atoms with E-state index in [1.807, 2.05) is 18.2 Å². The molecule has 3 heteroatoms. The predicted octanol–water partition coefficient (Wildman–Crippen LogP) is 2.44. The van der Waals surface area contributed by atoms with E-state index in [9.17, 15) is 4.79 Å². The fraction of sp³-hybridized carbons (Fsp3) is 0.133. The number of hydrogen-bond donors (Lipinski definition) is 1. The molecule has 0 aliphatic carbocycles. The lowest BCUT2D eigenvalue weighted by Gasteiger charge is -2.06. The van der Waals surface area contributed by atoms with E-state index >= 15 is 0 Å². The second-order valence-electron chi connectivity index (χ2n) is 3.88. The second-order valence-corrected chi connectivity index (χ2v) is 3.88. The van der Waals surface area contributed by atoms with Gasteiger partial charge in [-0.2, -0.15) is 0 Å². The molecular weight excluding hydrogens is 228 g/mol. The first-order valence-electron chi connectivity index (χ1n) is 5.70. The molecule has 2 aromatic rings. The third kappa shape index (κ3) is 3.18. The molecule has 18 heavy (non-hydrogen) atoms. The van der Waals surface area contributed by atoms with Gasteiger partial charge in [-0.3, -0.25) is 4.79 Å². The molecule has 2 aromatic carbocycles. The Balaban J connectivity index is 1.93. The van der Waals surface area contributed by atoms with Crippen molar-refractivity contribution in [3.05, 3.63) is 65.7 Å². The van der Waals surface area contributed by atoms with Crippen LogP contribution in [0.15, 0.2) is 54.6 Å². The summed E-state index contributed by atoms with van der Waals surface area (Å²) >= 11 is 0. The standard InChI is InChI=1S/C15H14O3/c16-10-12-6-8-14(9-7-12)18-11-15(17)13-4-2-1-3-5-13/h1-9,16H,10-11H2. The number of ether oxygens (including phenoxy) is 1. The molecule has 0 radical (unpaired) electrons. The molecule has 1 N–H and O–H groups in total. The van der Waals surface area contributed by atoms with E-state index in [0.717, 1.165) is 5.56 Å². The van der Waals surface area contributed by atoms with Gasteiger partial charge in [0.15, 0.2) is 12.4 Å². The van der Waals surface area contributed by atoms with Crippen molar-refractivity contribution in [2.75, 3.05) is 6.61 Å². The lowest BCUT2D eigenvalue weighted by Crippen LogP contribution is -2.11. The van der Waals surface area contributed by atoms with Crippen LogP contribution in [0.25, 0.3) is 0 Å². The topological polar surface area (TPSA) is 46.5 Å². The lowest BCUT2D eigenvalue weighted by atomic mass is 10.1. The first kappa shape index (κ1) is 12.3. The maximum atomic E-state index is 11.8. The highest BCUT2D eigenvalue weighted by atomic mass is 16.5. The molecule has 0 aliphatic rings. The summed E-state index contributed by atoms with van der Waals surface area (Å²) in [5.41, 5.74) is 1.46. The Hall–Kier alpha value is -2.13. The van der Waals surface area contributed by atoms with Gasteiger partial charge < -0.3 is 9.84 Å². The van der Waals surface area contributed by atoms with E-state index < -0.39 is 0 Å². The molecule has 0 aliphatic heterocycles. The second kappa shape index (κ2) is 5.98. The minimum atomic E-state index is -0.0539. The van der Waals surface area contributed by atoms with E-state index in [2.05, 4.69) is 0 Å². The molecule has 0 atom stereocenters. The maximum Gasteiger partial charge on any atom is 0.200 e. The van der Waals surface area contributed by atoms with Crippen molar-refractivity contribution >= 4 is 5.78 Å². The molecule has 0 amide bonds. The van der Waals surface area contributed by atoms with Crippen LogP contribution in [-0.2, 0) is 6.61 Å². The van der Waals surface area contributed by atoms with Crippen LogP contribution >= 0.6 is 0 Å². The minimum absolute atomic E-state index is 0.00320. The van der Waals surface area contributed by atoms with Gasteiger partial charge in [-0.1, -0.05) is 42.5 Å². The zero-order chi connectivity index (χ0) is 12.8. The highest BCUT2D eigenvalue weighted by molar-refractivity contribution is 5.97. The molecular formula is C15H14O3. The monoisotopic (exact) mass is 242 g/mol. The van der Waals surface area contributed by atoms with E-state index in [4.69, 9.17) is 9.84 Å². The van der Waals surface area contributed by atoms with E-state index in [-0.39, 0.29) is 19.0 Å². The van der Waals surface area contributed by atoms with Crippen molar-refractivity contribution in [1.29, 1.82) is 0 Å². The normalized spacial score (nSPS) is 10.1. The number of hydrogen-bond acceptors (Lipinski definition) is 3. The summed E-state index contributed by atoms with van der Waals surface area (Å²) in [5, 5.41) is 8.90. The molecule has 0 spiro atoms. The van der Waals surface area contributed by atoms with Gasteiger partial charge in [0.1, 0.15) is 5.75 Å². The first-order chi connectivity index (χ1) is 8.79. The van der Waals surface area contributed by atoms with Gasteiger partial charge in [0.25, 0.3) is 0 Å². The average molecular weight is 242 g/mol. The molecule has 3 nitrogen and oxygen atoms in total. The molecule has 0 bridgehead atoms. The third-order valence-corrected chi connectivity index (χ3v) is 2.57. The van der Waals surface area contributed by atoms with Gasteiger partial charge >= 0.3 is 0 Å². The molecule has 0 fully saturated rings. The fourth-order valence-corrected chi connectivity index (χ4v) is 1.55. The summed E-state index contributed by atoms with van der Waals surface area (Å²) < 4.78 is 5.39. The van der Waals surface area contributed by atoms with Crippen LogP contribution < -0.4 is 4.74 Å². The highest BCUT2D eigenvalue weighted by Crippen LogP contribution is 2.12. The Morgan fingerprint density at radius 3 is 2.28 bits per heavy atom. The van der Waals surface area contributed by atoms with Gasteiger partial charge in [-0.05, 0) is 17.7 Å². The number of rotatable bonds is 5. The number of Topliss-reactive ketones (excluding diaryl/α,β-unsaturated/α-hetero) is 1. The Bertz CT molecular complexity index is 503. The van der Waals surface area contributed by atoms with Crippen LogP contribution in [0.1, 0.15) is 15.9 Å². The molecule has 0 saturated carbocycles. The maximum absolute atomic E-state index is 11.8. The summed E-state index contributed by atoms with van der Waals surface area (Å²) in [7, 11) is 0. The zero-order valence-corrected chi connectivity index (χ0v) is 9.87. The molecule has 0 saturated heterocycles. The molecule has 2 rings (SSSR count). The lowest BCUT2D eigenvalue weighted by molar-refractivity contribution is 0.0921. The third-order valence-electron chi connectivity index (χ3n) is 2.57. The zero-order valence-electron chi connectivity index (χ0n) is 9.87. The van der Waals surface area contributed by atoms with Crippen LogP contribution in [0.3, 0.4) is 0 Å². The quantitative estimate of drug-likeness (QED) is 0.819. The van der Waals surface area contributed by atoms with Gasteiger partial charge in [0, 0.05) is 5.56 Å². The van der Waals surface area contributed by atoms with Crippen LogP contribution in [0.2, 0.25) is 0 Å². The summed E-state index contributed by atoms with van der Waals surface area (Å²) in [5.74, 6) is 0.568. The summed E-state index contributed by atoms with van der Waals surface area (Å²) in [6.07, 6.45) is 0. The van der Waals surface area contributed by atoms with E-state index in [1.54, 1.807) is 36.4 Å². The summed E-state index contributed by atoms with van der Waals surface area (Å²) in [4.78, 5) is 11.8. The Kier molecular flexibility index (Phi) is 4.10. The van der Waals surface area contributed by atoms with Crippen LogP contribution in [0, 0.1) is 0 Å². The smallest absolute Gasteiger partial charge is 0.200 e. The first-order valence-corrected chi connectivity index (χ1v) is 5.70. The molecule has 0 heterocycles. The number of benzene rings is 2. The Morgan fingerprint density at radius 2 is 1.67 bits per heavy atom. The molecule has 92 valence electrons. The van der Waals surface area contributed by atoms with Gasteiger partial charge in [-0.15, -0.1) is 0 Å². The van der Waals surface area contributed by atoms with Gasteiger partial charge in [0.2, 0.25) is 0 Å². The fourth-order valence-electron chi connectivity index (χ4n) is 1.55. The predicted molar refractivity (Wildman–Crippen MR) is 68.6 cm³/mol. The minimum Gasteiger partial charge on any atom is -0.485 e. The number of aliphatic hydroxyl groups excluding tert-OH is 1. The number of aliphatic hydroxyl groups is 1. The van der Waals surface area contributed by atoms with E-state index in [0.29, 0.717) is 11.3 Å². The molecule has 0 unspecified atom stereocenters. The van der Waals surface area contributed by atoms with Crippen molar-refractivity contribution < 1.29 is 14.6 Å². The van der Waals surface area contributed by atoms with Crippen molar-refractivity contribution in [3.63, 3.8) is 0 Å². The number of carbonyl (C=O) groups excluding carboxylic acids is 1. The van der Waals surface area contributed by atoms with Crippen molar-refractivity contribution in [1.82, 2.24) is 0 Å². The van der Waals surface area contributed by atoms with Gasteiger partial charge in [0.05, 0.1) is 6.61 Å². The summed E-state index contributed by atoms with van der Waals surface area (Å²) in [6, 6.07) is 16.1. The van der Waals surface area contributed by atoms with Crippen LogP contribution in [0.4, 0.5) is 0 Å². The van der Waals surface area contributed by atoms with Crippen LogP contribution in [-0.4, -0.2) is 17.5 Å². The average Bonchev–Trinajstić information content (AvgIpc) is 2.46. The summed E-state index contributed by atoms with van der Waals surface area (Å²) in [6.45, 7) is 0.0196. The van der Waals surface area contributed by atoms with Gasteiger partial charge in [-0.25, -0.2) is 0 Å². The molecule has 0 aromatic heterocycles. The number of ketones is 1. The Labute approximate surface area is 106 Å². The van der Waals surface area contributed by atoms with Crippen molar-refractivity contribution in [3.8, 4) is 5.75 Å². The SMILES string of the molecule is O=C(COc1ccc(CO)cc1)c1ccccc1. The number of carbonyl (C=O) groups is 1. The van der Waals surface area contributed by atoms with Crippen molar-refractivity contribution in [2.45, 2.75) is 6.61 Å².